The molecule has 4 aromatic rings. The highest BCUT2D eigenvalue weighted by Gasteiger charge is 2.21. The van der Waals surface area contributed by atoms with Crippen molar-refractivity contribution in [1.82, 2.24) is 25.2 Å². The van der Waals surface area contributed by atoms with Crippen LogP contribution in [-0.4, -0.2) is 51.9 Å². The normalized spacial score (nSPS) is 15.8. The minimum atomic E-state index is -0.0282. The van der Waals surface area contributed by atoms with Gasteiger partial charge in [-0.1, -0.05) is 0 Å². The Bertz CT molecular complexity index is 1180. The molecule has 1 aliphatic heterocycles. The molecule has 5 rings (SSSR count). The van der Waals surface area contributed by atoms with Crippen LogP contribution in [0.4, 0.5) is 11.5 Å². The summed E-state index contributed by atoms with van der Waals surface area (Å²) >= 11 is 3.00. The molecule has 148 valence electrons. The number of anilines is 2. The molecule has 3 aromatic heterocycles. The summed E-state index contributed by atoms with van der Waals surface area (Å²) < 4.78 is 1.11. The number of piperidine rings is 1. The summed E-state index contributed by atoms with van der Waals surface area (Å²) in [6, 6.07) is 8.15. The van der Waals surface area contributed by atoms with Crippen LogP contribution in [0, 0.1) is 0 Å². The summed E-state index contributed by atoms with van der Waals surface area (Å²) in [5.41, 5.74) is 3.76. The van der Waals surface area contributed by atoms with Crippen molar-refractivity contribution < 1.29 is 4.79 Å². The van der Waals surface area contributed by atoms with Gasteiger partial charge in [-0.3, -0.25) is 4.79 Å². The van der Waals surface area contributed by atoms with Gasteiger partial charge in [0.05, 0.1) is 26.0 Å². The fourth-order valence-corrected chi connectivity index (χ4v) is 5.16. The van der Waals surface area contributed by atoms with Crippen molar-refractivity contribution in [3.05, 3.63) is 41.0 Å². The molecule has 1 fully saturated rings. The number of hydrogen-bond donors (Lipinski definition) is 2. The summed E-state index contributed by atoms with van der Waals surface area (Å²) in [5, 5.41) is 7.40. The van der Waals surface area contributed by atoms with E-state index in [1.807, 2.05) is 23.7 Å². The molecule has 4 heterocycles. The predicted octanol–water partition coefficient (Wildman–Crippen LogP) is 3.87. The zero-order valence-electron chi connectivity index (χ0n) is 15.9. The number of benzene rings is 1. The lowest BCUT2D eigenvalue weighted by molar-refractivity contribution is 0.0921. The first-order valence-corrected chi connectivity index (χ1v) is 11.2. The summed E-state index contributed by atoms with van der Waals surface area (Å²) in [4.78, 5) is 29.6. The van der Waals surface area contributed by atoms with Crippen LogP contribution in [0.1, 0.15) is 22.5 Å². The quantitative estimate of drug-likeness (QED) is 0.517. The number of hydrogen-bond acceptors (Lipinski definition) is 8. The number of thiophene rings is 1. The lowest BCUT2D eigenvalue weighted by Gasteiger charge is -2.29. The van der Waals surface area contributed by atoms with E-state index in [1.54, 1.807) is 11.3 Å². The molecule has 1 aliphatic rings. The summed E-state index contributed by atoms with van der Waals surface area (Å²) in [7, 11) is 2.12. The Morgan fingerprint density at radius 2 is 2.03 bits per heavy atom. The van der Waals surface area contributed by atoms with E-state index in [2.05, 4.69) is 43.6 Å². The van der Waals surface area contributed by atoms with Crippen LogP contribution in [-0.2, 0) is 0 Å². The number of rotatable bonds is 4. The molecule has 0 bridgehead atoms. The van der Waals surface area contributed by atoms with Gasteiger partial charge in [0.25, 0.3) is 5.91 Å². The topological polar surface area (TPSA) is 83.0 Å². The minimum Gasteiger partial charge on any atom is -0.349 e. The van der Waals surface area contributed by atoms with Gasteiger partial charge >= 0.3 is 0 Å². The van der Waals surface area contributed by atoms with E-state index in [-0.39, 0.29) is 11.9 Å². The van der Waals surface area contributed by atoms with Gasteiger partial charge < -0.3 is 15.5 Å². The molecule has 0 saturated carbocycles. The largest absolute Gasteiger partial charge is 0.349 e. The Balaban J connectivity index is 1.38. The van der Waals surface area contributed by atoms with Crippen molar-refractivity contribution >= 4 is 60.5 Å². The molecule has 9 heteroatoms. The second-order valence-corrected chi connectivity index (χ2v) is 9.18. The van der Waals surface area contributed by atoms with Crippen LogP contribution in [0.15, 0.2) is 36.1 Å². The standard InChI is InChI=1S/C20H20N6OS2/c1-26-6-4-12(5-7-26)25-19(27)17-9-14-18(21-10-22-20(14)29-17)24-13-2-3-15-16(8-13)28-11-23-15/h2-3,8-12H,4-7H2,1H3,(H,25,27)(H,21,22,24). The van der Waals surface area contributed by atoms with Crippen LogP contribution < -0.4 is 10.6 Å². The van der Waals surface area contributed by atoms with Crippen molar-refractivity contribution in [2.24, 2.45) is 0 Å². The van der Waals surface area contributed by atoms with Crippen LogP contribution in [0.25, 0.3) is 20.4 Å². The summed E-state index contributed by atoms with van der Waals surface area (Å²) in [6.45, 7) is 2.03. The second-order valence-electron chi connectivity index (χ2n) is 7.26. The molecule has 0 unspecified atom stereocenters. The summed E-state index contributed by atoms with van der Waals surface area (Å²) in [5.74, 6) is 0.674. The SMILES string of the molecule is CN1CCC(NC(=O)c2cc3c(Nc4ccc5ncsc5c4)ncnc3s2)CC1. The number of carbonyl (C=O) groups is 1. The molecular weight excluding hydrogens is 404 g/mol. The van der Waals surface area contributed by atoms with Gasteiger partial charge in [-0.2, -0.15) is 0 Å². The lowest BCUT2D eigenvalue weighted by atomic mass is 10.1. The fraction of sp³-hybridized carbons (Fsp3) is 0.300. The number of thiazole rings is 1. The van der Waals surface area contributed by atoms with Crippen LogP contribution in [0.2, 0.25) is 0 Å². The molecule has 1 aromatic carbocycles. The third kappa shape index (κ3) is 3.81. The van der Waals surface area contributed by atoms with Crippen LogP contribution >= 0.6 is 22.7 Å². The van der Waals surface area contributed by atoms with E-state index < -0.39 is 0 Å². The third-order valence-electron chi connectivity index (χ3n) is 5.20. The average molecular weight is 425 g/mol. The zero-order chi connectivity index (χ0) is 19.8. The first-order chi connectivity index (χ1) is 14.2. The van der Waals surface area contributed by atoms with Gasteiger partial charge in [-0.15, -0.1) is 22.7 Å². The zero-order valence-corrected chi connectivity index (χ0v) is 17.5. The van der Waals surface area contributed by atoms with Crippen molar-refractivity contribution in [1.29, 1.82) is 0 Å². The molecule has 0 aliphatic carbocycles. The highest BCUT2D eigenvalue weighted by atomic mass is 32.1. The maximum atomic E-state index is 12.8. The molecule has 0 atom stereocenters. The monoisotopic (exact) mass is 424 g/mol. The predicted molar refractivity (Wildman–Crippen MR) is 118 cm³/mol. The van der Waals surface area contributed by atoms with E-state index in [9.17, 15) is 4.79 Å². The molecular formula is C20H20N6OS2. The van der Waals surface area contributed by atoms with Gasteiger partial charge in [0.15, 0.2) is 0 Å². The highest BCUT2D eigenvalue weighted by molar-refractivity contribution is 7.20. The van der Waals surface area contributed by atoms with Crippen molar-refractivity contribution in [2.45, 2.75) is 18.9 Å². The molecule has 29 heavy (non-hydrogen) atoms. The van der Waals surface area contributed by atoms with Gasteiger partial charge in [0.1, 0.15) is 17.0 Å². The Hall–Kier alpha value is -2.62. The molecule has 0 radical (unpaired) electrons. The maximum Gasteiger partial charge on any atom is 0.261 e. The first kappa shape index (κ1) is 18.4. The van der Waals surface area contributed by atoms with Crippen LogP contribution in [0.5, 0.6) is 0 Å². The van der Waals surface area contributed by atoms with Gasteiger partial charge in [0.2, 0.25) is 0 Å². The first-order valence-electron chi connectivity index (χ1n) is 9.50. The fourth-order valence-electron chi connectivity index (χ4n) is 3.55. The molecule has 1 amide bonds. The molecule has 1 saturated heterocycles. The maximum absolute atomic E-state index is 12.8. The van der Waals surface area contributed by atoms with Crippen molar-refractivity contribution in [2.75, 3.05) is 25.5 Å². The average Bonchev–Trinajstić information content (AvgIpc) is 3.36. The second kappa shape index (κ2) is 7.66. The van der Waals surface area contributed by atoms with Gasteiger partial charge in [-0.05, 0) is 57.2 Å². The van der Waals surface area contributed by atoms with E-state index in [0.29, 0.717) is 10.7 Å². The Kier molecular flexibility index (Phi) is 4.86. The number of likely N-dealkylation sites (tertiary alicyclic amines) is 1. The van der Waals surface area contributed by atoms with Crippen molar-refractivity contribution in [3.8, 4) is 0 Å². The number of amides is 1. The van der Waals surface area contributed by atoms with Gasteiger partial charge in [-0.25, -0.2) is 15.0 Å². The Morgan fingerprint density at radius 3 is 2.90 bits per heavy atom. The molecule has 0 spiro atoms. The highest BCUT2D eigenvalue weighted by Crippen LogP contribution is 2.31. The minimum absolute atomic E-state index is 0.0282. The number of nitrogens with one attached hydrogen (secondary N) is 2. The van der Waals surface area contributed by atoms with Gasteiger partial charge in [0, 0.05) is 11.7 Å². The third-order valence-corrected chi connectivity index (χ3v) is 7.03. The van der Waals surface area contributed by atoms with E-state index in [1.165, 1.54) is 17.7 Å². The number of aromatic nitrogens is 3. The van der Waals surface area contributed by atoms with E-state index in [0.717, 1.165) is 52.1 Å². The lowest BCUT2D eigenvalue weighted by Crippen LogP contribution is -2.43. The molecule has 2 N–H and O–H groups in total. The number of nitrogens with zero attached hydrogens (tertiary/aromatic N) is 4. The number of fused-ring (bicyclic) bond motifs is 2. The van der Waals surface area contributed by atoms with Crippen LogP contribution in [0.3, 0.4) is 0 Å². The van der Waals surface area contributed by atoms with E-state index in [4.69, 9.17) is 0 Å². The van der Waals surface area contributed by atoms with E-state index >= 15 is 0 Å². The number of carbonyl (C=O) groups excluding carboxylic acids is 1. The Morgan fingerprint density at radius 1 is 1.17 bits per heavy atom. The molecule has 7 nitrogen and oxygen atoms in total. The summed E-state index contributed by atoms with van der Waals surface area (Å²) in [6.07, 6.45) is 3.50. The van der Waals surface area contributed by atoms with Crippen molar-refractivity contribution in [3.63, 3.8) is 0 Å². The smallest absolute Gasteiger partial charge is 0.261 e. The Labute approximate surface area is 175 Å².